The van der Waals surface area contributed by atoms with Gasteiger partial charge in [0.25, 0.3) is 11.5 Å². The molecule has 5 aromatic rings. The van der Waals surface area contributed by atoms with Crippen molar-refractivity contribution in [3.8, 4) is 5.69 Å². The van der Waals surface area contributed by atoms with Crippen molar-refractivity contribution >= 4 is 34.4 Å². The van der Waals surface area contributed by atoms with Crippen molar-refractivity contribution in [3.63, 3.8) is 0 Å². The summed E-state index contributed by atoms with van der Waals surface area (Å²) in [5.41, 5.74) is 8.81. The molecule has 0 radical (unpaired) electrons. The third-order valence-electron chi connectivity index (χ3n) is 7.21. The number of nitrogens with two attached hydrogens (primary N) is 1. The summed E-state index contributed by atoms with van der Waals surface area (Å²) in [5, 5.41) is 14.2. The Kier molecular flexibility index (Phi) is 7.17. The summed E-state index contributed by atoms with van der Waals surface area (Å²) in [5.74, 6) is -0.0862. The molecule has 1 aliphatic rings. The Balaban J connectivity index is 1.16. The predicted octanol–water partition coefficient (Wildman–Crippen LogP) is 4.70. The maximum atomic E-state index is 13.3. The molecule has 1 amide bonds. The van der Waals surface area contributed by atoms with Crippen LogP contribution < -0.4 is 27.2 Å². The molecule has 10 nitrogen and oxygen atoms in total. The first-order valence-corrected chi connectivity index (χ1v) is 13.5. The molecule has 208 valence electrons. The average molecular weight is 553 g/mol. The lowest BCUT2D eigenvalue weighted by molar-refractivity contribution is 0.102. The summed E-state index contributed by atoms with van der Waals surface area (Å²) in [7, 11) is 0. The molecule has 0 saturated heterocycles. The molecule has 0 unspecified atom stereocenters. The van der Waals surface area contributed by atoms with Crippen molar-refractivity contribution in [1.29, 1.82) is 0 Å². The third kappa shape index (κ3) is 5.80. The smallest absolute Gasteiger partial charge is 0.278 e. The largest absolute Gasteiger partial charge is 0.366 e. The number of anilines is 4. The van der Waals surface area contributed by atoms with Crippen molar-refractivity contribution in [1.82, 2.24) is 19.2 Å². The van der Waals surface area contributed by atoms with Crippen LogP contribution in [0.25, 0.3) is 11.3 Å². The van der Waals surface area contributed by atoms with Crippen LogP contribution in [-0.2, 0) is 0 Å². The first-order chi connectivity index (χ1) is 19.9. The van der Waals surface area contributed by atoms with Gasteiger partial charge in [0.05, 0.1) is 5.69 Å². The zero-order valence-corrected chi connectivity index (χ0v) is 22.1. The Morgan fingerprint density at radius 3 is 2.46 bits per heavy atom. The SMILES string of the molecule is N[C@H]1CC[C@H](Nc2cc(Nc3ccc(C(=O)Nc4cccn(-c5ccc(F)cc5)c4=O)cc3)c3nccn3n2)CC1. The van der Waals surface area contributed by atoms with E-state index in [1.54, 1.807) is 53.4 Å². The van der Waals surface area contributed by atoms with Crippen molar-refractivity contribution in [2.24, 2.45) is 5.73 Å². The Bertz CT molecular complexity index is 1740. The monoisotopic (exact) mass is 552 g/mol. The van der Waals surface area contributed by atoms with Gasteiger partial charge in [-0.3, -0.25) is 14.2 Å². The Morgan fingerprint density at radius 1 is 0.951 bits per heavy atom. The van der Waals surface area contributed by atoms with Gasteiger partial charge in [0.1, 0.15) is 17.3 Å². The number of pyridine rings is 1. The molecule has 1 aliphatic carbocycles. The van der Waals surface area contributed by atoms with Gasteiger partial charge in [-0.05, 0) is 86.3 Å². The van der Waals surface area contributed by atoms with Gasteiger partial charge in [-0.2, -0.15) is 0 Å². The van der Waals surface area contributed by atoms with Gasteiger partial charge in [-0.25, -0.2) is 13.9 Å². The van der Waals surface area contributed by atoms with Crippen LogP contribution in [-0.4, -0.2) is 37.2 Å². The van der Waals surface area contributed by atoms with Crippen LogP contribution in [0.5, 0.6) is 0 Å². The van der Waals surface area contributed by atoms with Crippen molar-refractivity contribution in [2.45, 2.75) is 37.8 Å². The molecule has 0 aliphatic heterocycles. The summed E-state index contributed by atoms with van der Waals surface area (Å²) in [4.78, 5) is 30.3. The summed E-state index contributed by atoms with van der Waals surface area (Å²) >= 11 is 0. The number of nitrogens with zero attached hydrogens (tertiary/aromatic N) is 4. The molecule has 5 N–H and O–H groups in total. The minimum Gasteiger partial charge on any atom is -0.366 e. The van der Waals surface area contributed by atoms with Crippen LogP contribution >= 0.6 is 0 Å². The van der Waals surface area contributed by atoms with Gasteiger partial charge in [-0.15, -0.1) is 5.10 Å². The number of hydrogen-bond donors (Lipinski definition) is 4. The lowest BCUT2D eigenvalue weighted by atomic mass is 9.92. The van der Waals surface area contributed by atoms with E-state index >= 15 is 0 Å². The first kappa shape index (κ1) is 26.2. The molecule has 6 rings (SSSR count). The number of imidazole rings is 1. The fourth-order valence-corrected chi connectivity index (χ4v) is 5.00. The summed E-state index contributed by atoms with van der Waals surface area (Å²) < 4.78 is 16.4. The molecule has 0 bridgehead atoms. The van der Waals surface area contributed by atoms with Gasteiger partial charge in [0.15, 0.2) is 5.65 Å². The second kappa shape index (κ2) is 11.2. The highest BCUT2D eigenvalue weighted by Crippen LogP contribution is 2.26. The molecular formula is C30H29FN8O2. The van der Waals surface area contributed by atoms with Gasteiger partial charge in [0, 0.05) is 53.7 Å². The zero-order chi connectivity index (χ0) is 28.3. The van der Waals surface area contributed by atoms with Gasteiger partial charge < -0.3 is 21.7 Å². The second-order valence-electron chi connectivity index (χ2n) is 10.1. The fraction of sp³-hybridized carbons (Fsp3) is 0.200. The molecule has 41 heavy (non-hydrogen) atoms. The molecule has 11 heteroatoms. The van der Waals surface area contributed by atoms with Crippen LogP contribution in [0.15, 0.2) is 90.1 Å². The number of rotatable bonds is 7. The third-order valence-corrected chi connectivity index (χ3v) is 7.21. The molecule has 3 aromatic heterocycles. The first-order valence-electron chi connectivity index (χ1n) is 13.5. The van der Waals surface area contributed by atoms with E-state index in [1.807, 2.05) is 6.07 Å². The normalized spacial score (nSPS) is 16.8. The standard InChI is InChI=1S/C30H29FN8O2/c31-20-5-13-24(14-6-20)38-16-1-2-25(30(38)41)36-29(40)19-3-9-22(10-4-19)34-26-18-27(37-39-17-15-33-28(26)39)35-23-11-7-21(32)8-12-23/h1-6,9-10,13-18,21,23,34H,7-8,11-12,32H2,(H,35,37)(H,36,40)/t21-,23-. The Hall–Kier alpha value is -5.03. The number of carbonyl (C=O) groups excluding carboxylic acids is 1. The van der Waals surface area contributed by atoms with Crippen LogP contribution in [0, 0.1) is 5.82 Å². The van der Waals surface area contributed by atoms with Crippen molar-refractivity contribution in [2.75, 3.05) is 16.0 Å². The van der Waals surface area contributed by atoms with Crippen LogP contribution in [0.4, 0.5) is 27.3 Å². The predicted molar refractivity (Wildman–Crippen MR) is 157 cm³/mol. The van der Waals surface area contributed by atoms with Crippen LogP contribution in [0.2, 0.25) is 0 Å². The van der Waals surface area contributed by atoms with Gasteiger partial charge in [-0.1, -0.05) is 0 Å². The maximum absolute atomic E-state index is 13.3. The van der Waals surface area contributed by atoms with E-state index in [-0.39, 0.29) is 11.7 Å². The zero-order valence-electron chi connectivity index (χ0n) is 22.1. The topological polar surface area (TPSA) is 131 Å². The van der Waals surface area contributed by atoms with Crippen LogP contribution in [0.1, 0.15) is 36.0 Å². The molecule has 0 spiro atoms. The summed E-state index contributed by atoms with van der Waals surface area (Å²) in [6.45, 7) is 0. The van der Waals surface area contributed by atoms with Crippen LogP contribution in [0.3, 0.4) is 0 Å². The van der Waals surface area contributed by atoms with E-state index in [1.165, 1.54) is 34.9 Å². The fourth-order valence-electron chi connectivity index (χ4n) is 5.00. The quantitative estimate of drug-likeness (QED) is 0.230. The lowest BCUT2D eigenvalue weighted by Gasteiger charge is -2.27. The number of halogens is 1. The number of amides is 1. The van der Waals surface area contributed by atoms with E-state index < -0.39 is 17.3 Å². The highest BCUT2D eigenvalue weighted by atomic mass is 19.1. The number of hydrogen-bond acceptors (Lipinski definition) is 7. The summed E-state index contributed by atoms with van der Waals surface area (Å²) in [6.07, 6.45) is 9.03. The van der Waals surface area contributed by atoms with Crippen molar-refractivity contribution in [3.05, 3.63) is 107 Å². The number of benzene rings is 2. The maximum Gasteiger partial charge on any atom is 0.278 e. The van der Waals surface area contributed by atoms with Crippen molar-refractivity contribution < 1.29 is 9.18 Å². The number of aromatic nitrogens is 4. The molecule has 0 atom stereocenters. The van der Waals surface area contributed by atoms with E-state index in [2.05, 4.69) is 26.0 Å². The van der Waals surface area contributed by atoms with E-state index in [4.69, 9.17) is 5.73 Å². The number of nitrogens with one attached hydrogen (secondary N) is 3. The Morgan fingerprint density at radius 2 is 1.71 bits per heavy atom. The summed E-state index contributed by atoms with van der Waals surface area (Å²) in [6, 6.07) is 18.2. The number of fused-ring (bicyclic) bond motifs is 1. The minimum atomic E-state index is -0.427. The second-order valence-corrected chi connectivity index (χ2v) is 10.1. The minimum absolute atomic E-state index is 0.113. The van der Waals surface area contributed by atoms with E-state index in [0.29, 0.717) is 22.9 Å². The highest BCUT2D eigenvalue weighted by Gasteiger charge is 2.19. The molecule has 1 saturated carbocycles. The molecular weight excluding hydrogens is 523 g/mol. The Labute approximate surface area is 235 Å². The lowest BCUT2D eigenvalue weighted by Crippen LogP contribution is -2.33. The molecule has 2 aromatic carbocycles. The van der Waals surface area contributed by atoms with Gasteiger partial charge in [0.2, 0.25) is 0 Å². The molecule has 3 heterocycles. The number of carbonyl (C=O) groups is 1. The average Bonchev–Trinajstić information content (AvgIpc) is 3.45. The molecule has 1 fully saturated rings. The highest BCUT2D eigenvalue weighted by molar-refractivity contribution is 6.04. The van der Waals surface area contributed by atoms with E-state index in [0.717, 1.165) is 42.9 Å². The van der Waals surface area contributed by atoms with E-state index in [9.17, 15) is 14.0 Å². The van der Waals surface area contributed by atoms with Gasteiger partial charge >= 0.3 is 0 Å².